The fourth-order valence-electron chi connectivity index (χ4n) is 11.8. The number of ether oxygens (including phenoxy) is 6. The number of fused-ring (bicyclic) bond motifs is 6. The molecule has 6 aromatic heterocycles. The smallest absolute Gasteiger partial charge is 0.450 e. The van der Waals surface area contributed by atoms with Gasteiger partial charge in [-0.2, -0.15) is 15.0 Å². The van der Waals surface area contributed by atoms with Crippen LogP contribution < -0.4 is 33.2 Å². The highest BCUT2D eigenvalue weighted by Gasteiger charge is 2.65. The Hall–Kier alpha value is -7.08. The topological polar surface area (TPSA) is 537 Å². The van der Waals surface area contributed by atoms with Gasteiger partial charge in [-0.25, -0.2) is 71.2 Å². The van der Waals surface area contributed by atoms with Crippen molar-refractivity contribution < 1.29 is 125 Å². The number of carbonyl (C=O) groups excluding carboxylic acids is 6. The number of halogens is 3. The Morgan fingerprint density at radius 2 is 0.728 bits per heavy atom. The highest BCUT2D eigenvalue weighted by Crippen LogP contribution is 2.63. The van der Waals surface area contributed by atoms with Gasteiger partial charge in [0, 0.05) is 36.9 Å². The van der Waals surface area contributed by atoms with Gasteiger partial charge >= 0.3 is 41.7 Å². The number of rotatable bonds is 27. The summed E-state index contributed by atoms with van der Waals surface area (Å²) < 4.78 is 172. The molecule has 0 spiro atoms. The highest BCUT2D eigenvalue weighted by molar-refractivity contribution is 8.14. The maximum atomic E-state index is 16.1. The van der Waals surface area contributed by atoms with E-state index in [1.165, 1.54) is 72.0 Å². The minimum atomic E-state index is -4.15. The number of hydrogen-bond donors (Lipinski definition) is 6. The summed E-state index contributed by atoms with van der Waals surface area (Å²) in [7, 11) is -12.4. The number of aromatic nitrogens is 12. The molecule has 15 atom stereocenters. The molecule has 9 N–H and O–H groups in total. The summed E-state index contributed by atoms with van der Waals surface area (Å²) in [5.74, 6) is 0.343. The first-order valence-corrected chi connectivity index (χ1v) is 42.8. The van der Waals surface area contributed by atoms with Crippen LogP contribution >= 0.6 is 58.8 Å². The minimum absolute atomic E-state index is 0.0114. The Kier molecular flexibility index (Phi) is 28.5. The van der Waals surface area contributed by atoms with E-state index in [1.807, 2.05) is 0 Å². The molecule has 114 heavy (non-hydrogen) atoms. The first-order valence-electron chi connectivity index (χ1n) is 35.4. The van der Waals surface area contributed by atoms with Crippen molar-refractivity contribution in [3.05, 3.63) is 37.6 Å². The average Bonchev–Trinajstić information content (AvgIpc) is 1.59. The zero-order chi connectivity index (χ0) is 83.2. The molecule has 6 aliphatic heterocycles. The van der Waals surface area contributed by atoms with E-state index in [1.54, 1.807) is 62.3 Å². The fraction of sp³-hybridized carbons (Fsp3) is 0.667. The first kappa shape index (κ1) is 89.3. The summed E-state index contributed by atoms with van der Waals surface area (Å²) in [6, 6.07) is 0. The van der Waals surface area contributed by atoms with Gasteiger partial charge in [-0.3, -0.25) is 68.8 Å². The number of nitrogen functional groups attached to an aromatic ring is 3. The Morgan fingerprint density at radius 3 is 0.974 bits per heavy atom. The van der Waals surface area contributed by atoms with Crippen molar-refractivity contribution >= 4 is 144 Å². The molecule has 6 fully saturated rings. The van der Waals surface area contributed by atoms with E-state index in [-0.39, 0.29) is 146 Å². The van der Waals surface area contributed by atoms with E-state index in [2.05, 4.69) is 60.8 Å². The third-order valence-electron chi connectivity index (χ3n) is 17.9. The van der Waals surface area contributed by atoms with Crippen molar-refractivity contribution in [2.75, 3.05) is 114 Å². The Labute approximate surface area is 662 Å². The molecular weight excluding hydrogens is 1640 g/mol. The number of alkyl halides is 3. The second-order valence-electron chi connectivity index (χ2n) is 28.4. The molecule has 0 aromatic carbocycles. The van der Waals surface area contributed by atoms with Crippen LogP contribution in [0.25, 0.3) is 33.5 Å². The molecule has 42 nitrogen and oxygen atoms in total. The van der Waals surface area contributed by atoms with Gasteiger partial charge in [-0.15, -0.1) is 0 Å². The number of imidazole rings is 3. The molecule has 6 aliphatic rings. The van der Waals surface area contributed by atoms with Gasteiger partial charge in [-0.1, -0.05) is 76.8 Å². The van der Waals surface area contributed by atoms with Crippen molar-refractivity contribution in [1.82, 2.24) is 74.5 Å². The summed E-state index contributed by atoms with van der Waals surface area (Å²) in [5.41, 5.74) is 9.86. The summed E-state index contributed by atoms with van der Waals surface area (Å²) >= 11 is 2.81. The molecular formula is C63H90F3N18O24P3S3. The predicted molar refractivity (Wildman–Crippen MR) is 401 cm³/mol. The molecule has 0 bridgehead atoms. The van der Waals surface area contributed by atoms with Crippen LogP contribution in [0, 0.1) is 16.2 Å². The number of alkyl carbamates (subject to hydrolysis) is 3. The molecule has 0 radical (unpaired) electrons. The number of nitrogens with zero attached hydrogens (tertiary/aromatic N) is 12. The van der Waals surface area contributed by atoms with Crippen molar-refractivity contribution in [2.45, 2.75) is 155 Å². The highest BCUT2D eigenvalue weighted by atomic mass is 32.2. The average molecular weight is 1730 g/mol. The number of carbonyl (C=O) groups is 6. The molecule has 12 heterocycles. The van der Waals surface area contributed by atoms with Gasteiger partial charge in [-0.05, 0) is 41.5 Å². The lowest BCUT2D eigenvalue weighted by Gasteiger charge is -2.33. The molecule has 3 amide bonds. The SMILES string of the molecule is CCOC(=O)NCC(C)(C)C(=O)SCCOP1(=O)OC[C@H]2O[C@@H](n3cnc4cnc(N)nc43)[C@](C)(F)[C@@H]2O1.CCOC(=O)NCC(C)(C)C(=O)SCCO[P@@]1(=O)OC[C@H]2O[C@@H](n3cnc4cnc(N)nc43)[C@](C)(F)[C@@H]2O1.CCOC(=O)NCC(C)(C)C(=O)SCCO[P@]1(=O)OC[C@H]2O[C@@H](n3cnc4cnc(N)nc43)[C@](C)(F)[C@@H]2O1. The summed E-state index contributed by atoms with van der Waals surface area (Å²) in [6.07, 6.45) is -3.62. The van der Waals surface area contributed by atoms with Crippen molar-refractivity contribution in [3.63, 3.8) is 0 Å². The first-order chi connectivity index (χ1) is 53.6. The quantitative estimate of drug-likeness (QED) is 0.0162. The Bertz CT molecular complexity index is 4180. The zero-order valence-corrected chi connectivity index (χ0v) is 69.0. The largest absolute Gasteiger partial charge is 0.475 e. The molecule has 0 saturated carbocycles. The van der Waals surface area contributed by atoms with Crippen LogP contribution in [0.5, 0.6) is 0 Å². The molecule has 12 rings (SSSR count). The van der Waals surface area contributed by atoms with Crippen LogP contribution in [-0.2, 0) is 97.2 Å². The third-order valence-corrected chi connectivity index (χ3v) is 25.8. The maximum absolute atomic E-state index is 16.1. The number of nitrogens with two attached hydrogens (primary N) is 3. The van der Waals surface area contributed by atoms with E-state index < -0.39 is 130 Å². The standard InChI is InChI=1S/3C21H30FN6O8PS/c3*1-5-32-19(30)25-10-20(2,3)17(29)38-7-6-33-37(31)34-9-13-14(36-37)21(4,22)16(35-13)28-11-26-12-8-24-18(23)27-15(12)28/h3*8,11,13-14,16H,5-7,9-10H2,1-4H3,(H,25,30)(H2,23,24,27)/t13-,14-,16-,21-,37?;13-,14-,16-,21-,37+;13-,14-,16-,21-,37-/m111/s1. The van der Waals surface area contributed by atoms with Gasteiger partial charge < -0.3 is 61.6 Å². The van der Waals surface area contributed by atoms with Gasteiger partial charge in [0.05, 0.1) is 113 Å². The minimum Gasteiger partial charge on any atom is -0.450 e. The molecule has 0 aliphatic carbocycles. The number of thioether (sulfide) groups is 3. The number of nitrogens with one attached hydrogen (secondary N) is 3. The van der Waals surface area contributed by atoms with E-state index in [0.717, 1.165) is 35.3 Å². The Morgan fingerprint density at radius 1 is 0.474 bits per heavy atom. The number of phosphoric ester groups is 3. The number of hydrogen-bond acceptors (Lipinski definition) is 39. The van der Waals surface area contributed by atoms with Crippen molar-refractivity contribution in [1.29, 1.82) is 0 Å². The lowest BCUT2D eigenvalue weighted by Crippen LogP contribution is -2.44. The van der Waals surface area contributed by atoms with Gasteiger partial charge in [0.25, 0.3) is 0 Å². The molecule has 6 saturated heterocycles. The van der Waals surface area contributed by atoms with Crippen molar-refractivity contribution in [3.8, 4) is 0 Å². The summed E-state index contributed by atoms with van der Waals surface area (Å²) in [5, 5.41) is 6.93. The lowest BCUT2D eigenvalue weighted by molar-refractivity contribution is -0.118. The van der Waals surface area contributed by atoms with Crippen LogP contribution in [0.4, 0.5) is 45.4 Å². The normalized spacial score (nSPS) is 29.2. The maximum Gasteiger partial charge on any atom is 0.475 e. The monoisotopic (exact) mass is 1730 g/mol. The summed E-state index contributed by atoms with van der Waals surface area (Å²) in [4.78, 5) is 109. The number of phosphoric acid groups is 3. The molecule has 630 valence electrons. The lowest BCUT2D eigenvalue weighted by atomic mass is 9.96. The second-order valence-corrected chi connectivity index (χ2v) is 36.5. The fourth-order valence-corrected chi connectivity index (χ4v) is 19.0. The molecule has 1 unspecified atom stereocenters. The molecule has 51 heteroatoms. The number of anilines is 3. The molecule has 6 aromatic rings. The van der Waals surface area contributed by atoms with E-state index in [9.17, 15) is 42.5 Å². The van der Waals surface area contributed by atoms with E-state index in [4.69, 9.17) is 86.3 Å². The number of amides is 3. The third kappa shape index (κ3) is 20.9. The van der Waals surface area contributed by atoms with E-state index in [0.29, 0.717) is 16.6 Å². The second kappa shape index (κ2) is 36.4. The van der Waals surface area contributed by atoms with Crippen LogP contribution in [0.15, 0.2) is 37.6 Å². The van der Waals surface area contributed by atoms with Crippen LogP contribution in [0.1, 0.15) is 102 Å². The zero-order valence-electron chi connectivity index (χ0n) is 63.9. The van der Waals surface area contributed by atoms with Gasteiger partial charge in [0.1, 0.15) is 53.2 Å². The summed E-state index contributed by atoms with van der Waals surface area (Å²) in [6.45, 7) is 18.5. The van der Waals surface area contributed by atoms with Crippen LogP contribution in [-0.4, -0.2) is 242 Å². The van der Waals surface area contributed by atoms with E-state index >= 15 is 13.2 Å². The van der Waals surface area contributed by atoms with Gasteiger partial charge in [0.15, 0.2) is 68.0 Å². The van der Waals surface area contributed by atoms with Crippen LogP contribution in [0.3, 0.4) is 0 Å². The van der Waals surface area contributed by atoms with Crippen molar-refractivity contribution in [2.24, 2.45) is 16.2 Å². The Balaban J connectivity index is 0.000000181. The predicted octanol–water partition coefficient (Wildman–Crippen LogP) is 7.82. The van der Waals surface area contributed by atoms with Crippen LogP contribution in [0.2, 0.25) is 0 Å². The van der Waals surface area contributed by atoms with Gasteiger partial charge in [0.2, 0.25) is 17.8 Å².